The van der Waals surface area contributed by atoms with Crippen LogP contribution in [0.3, 0.4) is 0 Å². The molecule has 0 N–H and O–H groups in total. The zero-order valence-electron chi connectivity index (χ0n) is 12.2. The summed E-state index contributed by atoms with van der Waals surface area (Å²) in [7, 11) is 2.19. The monoisotopic (exact) mass is 261 g/mol. The third-order valence-electron chi connectivity index (χ3n) is 2.75. The molecule has 17 heavy (non-hydrogen) atoms. The summed E-state index contributed by atoms with van der Waals surface area (Å²) in [5, 5.41) is 0. The molecule has 0 aromatic carbocycles. The molecule has 2 nitrogen and oxygen atoms in total. The summed E-state index contributed by atoms with van der Waals surface area (Å²) in [6.45, 7) is 7.65. The van der Waals surface area contributed by atoms with Gasteiger partial charge in [-0.05, 0) is 57.9 Å². The van der Waals surface area contributed by atoms with E-state index in [0.717, 1.165) is 25.0 Å². The van der Waals surface area contributed by atoms with Gasteiger partial charge in [0.2, 0.25) is 0 Å². The molecule has 0 rings (SSSR count). The van der Waals surface area contributed by atoms with E-state index in [0.29, 0.717) is 0 Å². The third kappa shape index (κ3) is 14.2. The van der Waals surface area contributed by atoms with Crippen molar-refractivity contribution in [2.75, 3.05) is 38.9 Å². The highest BCUT2D eigenvalue weighted by Gasteiger charge is 1.97. The molecular weight excluding hydrogens is 230 g/mol. The van der Waals surface area contributed by atoms with Crippen LogP contribution in [0.4, 0.5) is 0 Å². The van der Waals surface area contributed by atoms with Gasteiger partial charge in [0.1, 0.15) is 0 Å². The Kier molecular flexibility index (Phi) is 12.9. The highest BCUT2D eigenvalue weighted by Crippen LogP contribution is 2.04. The summed E-state index contributed by atoms with van der Waals surface area (Å²) >= 11 is 1.89. The Bertz CT molecular complexity index is 153. The molecule has 0 aliphatic rings. The van der Waals surface area contributed by atoms with Crippen molar-refractivity contribution >= 4 is 11.8 Å². The lowest BCUT2D eigenvalue weighted by Gasteiger charge is -2.14. The van der Waals surface area contributed by atoms with E-state index in [1.54, 1.807) is 0 Å². The highest BCUT2D eigenvalue weighted by molar-refractivity contribution is 7.98. The van der Waals surface area contributed by atoms with Crippen LogP contribution in [0.2, 0.25) is 0 Å². The average Bonchev–Trinajstić information content (AvgIpc) is 2.27. The molecule has 0 saturated heterocycles. The van der Waals surface area contributed by atoms with Crippen LogP contribution in [0.1, 0.15) is 46.0 Å². The summed E-state index contributed by atoms with van der Waals surface area (Å²) in [5.41, 5.74) is 0. The van der Waals surface area contributed by atoms with Crippen molar-refractivity contribution < 1.29 is 4.74 Å². The number of hydrogen-bond acceptors (Lipinski definition) is 3. The van der Waals surface area contributed by atoms with E-state index < -0.39 is 0 Å². The molecule has 104 valence electrons. The summed E-state index contributed by atoms with van der Waals surface area (Å²) in [6, 6.07) is 0. The maximum Gasteiger partial charge on any atom is 0.0466 e. The fourth-order valence-corrected chi connectivity index (χ4v) is 2.31. The van der Waals surface area contributed by atoms with Crippen molar-refractivity contribution in [2.45, 2.75) is 46.0 Å². The fraction of sp³-hybridized carbons (Fsp3) is 1.00. The van der Waals surface area contributed by atoms with Gasteiger partial charge in [-0.1, -0.05) is 13.8 Å². The predicted octanol–water partition coefficient (Wildman–Crippen LogP) is 3.86. The molecule has 0 aromatic rings. The number of nitrogens with zero attached hydrogens (tertiary/aromatic N) is 1. The van der Waals surface area contributed by atoms with E-state index in [2.05, 4.69) is 32.1 Å². The van der Waals surface area contributed by atoms with Gasteiger partial charge in [-0.3, -0.25) is 4.90 Å². The van der Waals surface area contributed by atoms with E-state index >= 15 is 0 Å². The van der Waals surface area contributed by atoms with Crippen LogP contribution in [-0.4, -0.2) is 43.8 Å². The maximum absolute atomic E-state index is 5.62. The number of hydrogen-bond donors (Lipinski definition) is 0. The quantitative estimate of drug-likeness (QED) is 0.391. The average molecular weight is 261 g/mol. The van der Waals surface area contributed by atoms with E-state index in [9.17, 15) is 0 Å². The van der Waals surface area contributed by atoms with Crippen LogP contribution in [0.5, 0.6) is 0 Å². The third-order valence-corrected chi connectivity index (χ3v) is 3.45. The van der Waals surface area contributed by atoms with Crippen LogP contribution >= 0.6 is 11.8 Å². The molecule has 0 spiro atoms. The Hall–Kier alpha value is 0.270. The maximum atomic E-state index is 5.62. The second kappa shape index (κ2) is 12.7. The summed E-state index contributed by atoms with van der Waals surface area (Å²) in [5.74, 6) is 1.96. The molecular formula is C14H31NOS. The second-order valence-corrected chi connectivity index (χ2v) is 6.04. The van der Waals surface area contributed by atoms with Gasteiger partial charge in [-0.15, -0.1) is 11.8 Å². The number of unbranched alkanes of at least 4 members (excludes halogenated alkanes) is 2. The minimum atomic E-state index is 0.811. The normalized spacial score (nSPS) is 11.6. The SMILES string of the molecule is CSCN(C)CCCCCOCCCC(C)C. The molecule has 0 fully saturated rings. The summed E-state index contributed by atoms with van der Waals surface area (Å²) in [6.07, 6.45) is 8.47. The van der Waals surface area contributed by atoms with Crippen molar-refractivity contribution in [1.82, 2.24) is 4.90 Å². The van der Waals surface area contributed by atoms with Gasteiger partial charge < -0.3 is 4.74 Å². The molecule has 0 radical (unpaired) electrons. The van der Waals surface area contributed by atoms with Crippen molar-refractivity contribution in [3.8, 4) is 0 Å². The van der Waals surface area contributed by atoms with Gasteiger partial charge in [0.25, 0.3) is 0 Å². The predicted molar refractivity (Wildman–Crippen MR) is 79.8 cm³/mol. The van der Waals surface area contributed by atoms with Crippen LogP contribution in [0.15, 0.2) is 0 Å². The first-order valence-electron chi connectivity index (χ1n) is 6.92. The highest BCUT2D eigenvalue weighted by atomic mass is 32.2. The molecule has 0 heterocycles. The van der Waals surface area contributed by atoms with Crippen molar-refractivity contribution in [3.63, 3.8) is 0 Å². The van der Waals surface area contributed by atoms with Gasteiger partial charge in [-0.25, -0.2) is 0 Å². The second-order valence-electron chi connectivity index (χ2n) is 5.21. The first-order valence-corrected chi connectivity index (χ1v) is 8.31. The van der Waals surface area contributed by atoms with Gasteiger partial charge in [0, 0.05) is 19.1 Å². The Morgan fingerprint density at radius 1 is 1.06 bits per heavy atom. The van der Waals surface area contributed by atoms with Crippen LogP contribution in [0, 0.1) is 5.92 Å². The number of thioether (sulfide) groups is 1. The van der Waals surface area contributed by atoms with Crippen molar-refractivity contribution in [2.24, 2.45) is 5.92 Å². The van der Waals surface area contributed by atoms with Gasteiger partial charge in [0.05, 0.1) is 0 Å². The Balaban J connectivity index is 3.03. The van der Waals surface area contributed by atoms with Gasteiger partial charge in [0.15, 0.2) is 0 Å². The minimum Gasteiger partial charge on any atom is -0.381 e. The topological polar surface area (TPSA) is 12.5 Å². The summed E-state index contributed by atoms with van der Waals surface area (Å²) in [4.78, 5) is 2.38. The molecule has 3 heteroatoms. The lowest BCUT2D eigenvalue weighted by atomic mass is 10.1. The van der Waals surface area contributed by atoms with Crippen LogP contribution in [-0.2, 0) is 4.74 Å². The molecule has 0 amide bonds. The Labute approximate surface area is 112 Å². The van der Waals surface area contributed by atoms with E-state index in [1.807, 2.05) is 11.8 Å². The molecule has 0 aliphatic carbocycles. The number of rotatable bonds is 12. The first-order chi connectivity index (χ1) is 8.16. The van der Waals surface area contributed by atoms with Gasteiger partial charge in [-0.2, -0.15) is 0 Å². The standard InChI is InChI=1S/C14H31NOS/c1-14(2)9-8-12-16-11-7-5-6-10-15(3)13-17-4/h14H,5-13H2,1-4H3. The van der Waals surface area contributed by atoms with E-state index in [4.69, 9.17) is 4.74 Å². The molecule has 0 atom stereocenters. The lowest BCUT2D eigenvalue weighted by molar-refractivity contribution is 0.123. The smallest absolute Gasteiger partial charge is 0.0466 e. The number of ether oxygens (including phenoxy) is 1. The zero-order chi connectivity index (χ0) is 12.9. The van der Waals surface area contributed by atoms with Crippen molar-refractivity contribution in [1.29, 1.82) is 0 Å². The lowest BCUT2D eigenvalue weighted by Crippen LogP contribution is -2.18. The largest absolute Gasteiger partial charge is 0.381 e. The molecule has 0 aliphatic heterocycles. The Morgan fingerprint density at radius 2 is 1.76 bits per heavy atom. The minimum absolute atomic E-state index is 0.811. The zero-order valence-corrected chi connectivity index (χ0v) is 13.0. The fourth-order valence-electron chi connectivity index (χ4n) is 1.74. The van der Waals surface area contributed by atoms with Crippen LogP contribution < -0.4 is 0 Å². The molecule has 0 aromatic heterocycles. The first kappa shape index (κ1) is 17.3. The Morgan fingerprint density at radius 3 is 2.41 bits per heavy atom. The molecule has 0 unspecified atom stereocenters. The van der Waals surface area contributed by atoms with E-state index in [-0.39, 0.29) is 0 Å². The van der Waals surface area contributed by atoms with Crippen molar-refractivity contribution in [3.05, 3.63) is 0 Å². The molecule has 0 saturated carbocycles. The van der Waals surface area contributed by atoms with E-state index in [1.165, 1.54) is 38.6 Å². The van der Waals surface area contributed by atoms with Crippen LogP contribution in [0.25, 0.3) is 0 Å². The molecule has 0 bridgehead atoms. The summed E-state index contributed by atoms with van der Waals surface area (Å²) < 4.78 is 5.62. The van der Waals surface area contributed by atoms with Gasteiger partial charge >= 0.3 is 0 Å².